The van der Waals surface area contributed by atoms with Crippen molar-refractivity contribution in [1.29, 1.82) is 0 Å². The number of para-hydroxylation sites is 1. The number of benzene rings is 3. The third-order valence-corrected chi connectivity index (χ3v) is 4.77. The highest BCUT2D eigenvalue weighted by Crippen LogP contribution is 2.24. The molecular weight excluding hydrogens is 338 g/mol. The van der Waals surface area contributed by atoms with Gasteiger partial charge in [-0.15, -0.1) is 0 Å². The molecular formula is C22H19N3O2. The molecule has 0 aromatic heterocycles. The van der Waals surface area contributed by atoms with E-state index in [9.17, 15) is 9.59 Å². The number of nitrogens with zero attached hydrogens (tertiary/aromatic N) is 2. The molecule has 0 radical (unpaired) electrons. The summed E-state index contributed by atoms with van der Waals surface area (Å²) in [6.45, 7) is 0.373. The summed E-state index contributed by atoms with van der Waals surface area (Å²) in [6.07, 6.45) is 1.84. The fourth-order valence-electron chi connectivity index (χ4n) is 3.36. The number of carbonyl (C=O) groups is 2. The highest BCUT2D eigenvalue weighted by atomic mass is 16.2. The minimum atomic E-state index is -0.401. The Morgan fingerprint density at radius 2 is 1.74 bits per heavy atom. The van der Waals surface area contributed by atoms with Crippen molar-refractivity contribution in [2.45, 2.75) is 6.42 Å². The molecule has 4 rings (SSSR count). The fraction of sp³-hybridized carbons (Fsp3) is 0.136. The normalized spacial score (nSPS) is 17.0. The second-order valence-electron chi connectivity index (χ2n) is 6.54. The predicted octanol–water partition coefficient (Wildman–Crippen LogP) is 3.34. The molecule has 1 fully saturated rings. The van der Waals surface area contributed by atoms with Crippen LogP contribution in [0, 0.1) is 5.92 Å². The van der Waals surface area contributed by atoms with E-state index in [2.05, 4.69) is 10.5 Å². The standard InChI is InChI=1S/C22H19N3O2/c26-21-13-18(15-25(21)19-10-2-1-3-11-19)22(27)24-23-14-17-9-6-8-16-7-4-5-12-20(16)17/h1-12,14,18H,13,15H2,(H,24,27)/b23-14-/t18-/m0/s1. The zero-order chi connectivity index (χ0) is 18.6. The van der Waals surface area contributed by atoms with Gasteiger partial charge in [0.1, 0.15) is 0 Å². The van der Waals surface area contributed by atoms with Crippen LogP contribution >= 0.6 is 0 Å². The van der Waals surface area contributed by atoms with Crippen LogP contribution < -0.4 is 10.3 Å². The first kappa shape index (κ1) is 17.0. The van der Waals surface area contributed by atoms with Crippen LogP contribution in [0.5, 0.6) is 0 Å². The molecule has 0 unspecified atom stereocenters. The molecule has 0 aliphatic carbocycles. The summed E-state index contributed by atoms with van der Waals surface area (Å²) in [5.74, 6) is -0.681. The lowest BCUT2D eigenvalue weighted by Gasteiger charge is -2.16. The first-order valence-electron chi connectivity index (χ1n) is 8.88. The van der Waals surface area contributed by atoms with Crippen molar-refractivity contribution in [3.63, 3.8) is 0 Å². The van der Waals surface area contributed by atoms with Crippen molar-refractivity contribution in [2.75, 3.05) is 11.4 Å². The molecule has 1 N–H and O–H groups in total. The van der Waals surface area contributed by atoms with Gasteiger partial charge in [-0.25, -0.2) is 5.43 Å². The van der Waals surface area contributed by atoms with E-state index in [1.807, 2.05) is 72.8 Å². The van der Waals surface area contributed by atoms with E-state index in [1.54, 1.807) is 11.1 Å². The van der Waals surface area contributed by atoms with Gasteiger partial charge >= 0.3 is 0 Å². The average molecular weight is 357 g/mol. The summed E-state index contributed by atoms with van der Waals surface area (Å²) in [4.78, 5) is 26.3. The molecule has 0 bridgehead atoms. The molecule has 5 heteroatoms. The van der Waals surface area contributed by atoms with Crippen LogP contribution in [0.25, 0.3) is 10.8 Å². The van der Waals surface area contributed by atoms with Crippen LogP contribution in [0.3, 0.4) is 0 Å². The Morgan fingerprint density at radius 3 is 2.59 bits per heavy atom. The molecule has 5 nitrogen and oxygen atoms in total. The van der Waals surface area contributed by atoms with Gasteiger partial charge in [0.25, 0.3) is 0 Å². The van der Waals surface area contributed by atoms with Crippen LogP contribution in [0.1, 0.15) is 12.0 Å². The van der Waals surface area contributed by atoms with Crippen molar-refractivity contribution in [1.82, 2.24) is 5.43 Å². The van der Waals surface area contributed by atoms with E-state index in [0.717, 1.165) is 22.0 Å². The number of hydrazone groups is 1. The van der Waals surface area contributed by atoms with Crippen molar-refractivity contribution < 1.29 is 9.59 Å². The molecule has 1 atom stereocenters. The van der Waals surface area contributed by atoms with Gasteiger partial charge in [-0.2, -0.15) is 5.10 Å². The molecule has 1 aliphatic rings. The summed E-state index contributed by atoms with van der Waals surface area (Å²) in [6, 6.07) is 23.4. The maximum atomic E-state index is 12.4. The summed E-state index contributed by atoms with van der Waals surface area (Å²) < 4.78 is 0. The minimum Gasteiger partial charge on any atom is -0.312 e. The number of anilines is 1. The number of nitrogens with one attached hydrogen (secondary N) is 1. The second kappa shape index (κ2) is 7.41. The largest absolute Gasteiger partial charge is 0.312 e. The first-order valence-corrected chi connectivity index (χ1v) is 8.88. The van der Waals surface area contributed by atoms with Crippen molar-refractivity contribution in [3.05, 3.63) is 78.4 Å². The number of hydrogen-bond donors (Lipinski definition) is 1. The fourth-order valence-corrected chi connectivity index (χ4v) is 3.36. The molecule has 0 saturated carbocycles. The van der Waals surface area contributed by atoms with Crippen LogP contribution in [0.15, 0.2) is 77.9 Å². The molecule has 1 aliphatic heterocycles. The van der Waals surface area contributed by atoms with Gasteiger partial charge in [0.05, 0.1) is 12.1 Å². The number of fused-ring (bicyclic) bond motifs is 1. The van der Waals surface area contributed by atoms with E-state index < -0.39 is 5.92 Å². The van der Waals surface area contributed by atoms with E-state index >= 15 is 0 Å². The van der Waals surface area contributed by atoms with Crippen LogP contribution in [-0.4, -0.2) is 24.6 Å². The van der Waals surface area contributed by atoms with Crippen molar-refractivity contribution >= 4 is 34.5 Å². The SMILES string of the molecule is O=C(N/N=C\c1cccc2ccccc12)[C@H]1CC(=O)N(c2ccccc2)C1. The lowest BCUT2D eigenvalue weighted by molar-refractivity contribution is -0.126. The van der Waals surface area contributed by atoms with E-state index in [-0.39, 0.29) is 18.2 Å². The van der Waals surface area contributed by atoms with Gasteiger partial charge in [0.15, 0.2) is 0 Å². The van der Waals surface area contributed by atoms with E-state index in [4.69, 9.17) is 0 Å². The van der Waals surface area contributed by atoms with Gasteiger partial charge in [-0.3, -0.25) is 9.59 Å². The van der Waals surface area contributed by atoms with Crippen LogP contribution in [0.2, 0.25) is 0 Å². The van der Waals surface area contributed by atoms with Crippen molar-refractivity contribution in [3.8, 4) is 0 Å². The summed E-state index contributed by atoms with van der Waals surface area (Å²) in [5, 5.41) is 6.30. The zero-order valence-corrected chi connectivity index (χ0v) is 14.7. The third kappa shape index (κ3) is 3.58. The van der Waals surface area contributed by atoms with Gasteiger partial charge in [-0.05, 0) is 22.9 Å². The lowest BCUT2D eigenvalue weighted by Crippen LogP contribution is -2.30. The third-order valence-electron chi connectivity index (χ3n) is 4.77. The molecule has 3 aromatic rings. The highest BCUT2D eigenvalue weighted by Gasteiger charge is 2.34. The summed E-state index contributed by atoms with van der Waals surface area (Å²) in [7, 11) is 0. The number of rotatable bonds is 4. The maximum Gasteiger partial charge on any atom is 0.245 e. The maximum absolute atomic E-state index is 12.4. The van der Waals surface area contributed by atoms with Gasteiger partial charge in [0.2, 0.25) is 11.8 Å². The number of carbonyl (C=O) groups excluding carboxylic acids is 2. The Kier molecular flexibility index (Phi) is 4.66. The van der Waals surface area contributed by atoms with Crippen molar-refractivity contribution in [2.24, 2.45) is 11.0 Å². The van der Waals surface area contributed by atoms with Gasteiger partial charge in [-0.1, -0.05) is 60.7 Å². The first-order chi connectivity index (χ1) is 13.2. The topological polar surface area (TPSA) is 61.8 Å². The smallest absolute Gasteiger partial charge is 0.245 e. The quantitative estimate of drug-likeness (QED) is 0.575. The molecule has 134 valence electrons. The van der Waals surface area contributed by atoms with E-state index in [0.29, 0.717) is 6.54 Å². The summed E-state index contributed by atoms with van der Waals surface area (Å²) >= 11 is 0. The number of amides is 2. The number of hydrogen-bond acceptors (Lipinski definition) is 3. The lowest BCUT2D eigenvalue weighted by atomic mass is 10.1. The molecule has 1 heterocycles. The Hall–Kier alpha value is -3.47. The Labute approximate surface area is 157 Å². The predicted molar refractivity (Wildman–Crippen MR) is 107 cm³/mol. The average Bonchev–Trinajstić information content (AvgIpc) is 3.10. The Bertz CT molecular complexity index is 1010. The molecule has 0 spiro atoms. The van der Waals surface area contributed by atoms with E-state index in [1.165, 1.54) is 0 Å². The van der Waals surface area contributed by atoms with Crippen LogP contribution in [-0.2, 0) is 9.59 Å². The Balaban J connectivity index is 1.42. The monoisotopic (exact) mass is 357 g/mol. The zero-order valence-electron chi connectivity index (χ0n) is 14.7. The molecule has 2 amide bonds. The highest BCUT2D eigenvalue weighted by molar-refractivity contribution is 6.01. The minimum absolute atomic E-state index is 0.0422. The molecule has 3 aromatic carbocycles. The van der Waals surface area contributed by atoms with Gasteiger partial charge in [0, 0.05) is 24.2 Å². The second-order valence-corrected chi connectivity index (χ2v) is 6.54. The van der Waals surface area contributed by atoms with Gasteiger partial charge < -0.3 is 4.90 Å². The molecule has 1 saturated heterocycles. The molecule has 27 heavy (non-hydrogen) atoms. The summed E-state index contributed by atoms with van der Waals surface area (Å²) in [5.41, 5.74) is 4.33. The van der Waals surface area contributed by atoms with Crippen LogP contribution in [0.4, 0.5) is 5.69 Å². The Morgan fingerprint density at radius 1 is 1.00 bits per heavy atom.